The molecule has 2 heterocycles. The van der Waals surface area contributed by atoms with Crippen LogP contribution in [0, 0.1) is 5.92 Å². The number of nitrogens with zero attached hydrogens (tertiary/aromatic N) is 2. The number of halogens is 1. The number of ether oxygens (including phenoxy) is 1. The minimum absolute atomic E-state index is 0.0597. The molecule has 0 aromatic heterocycles. The van der Waals surface area contributed by atoms with Gasteiger partial charge in [-0.1, -0.05) is 23.7 Å². The Morgan fingerprint density at radius 2 is 2.00 bits per heavy atom. The molecular formula is C20H30ClN3O2. The van der Waals surface area contributed by atoms with Gasteiger partial charge < -0.3 is 15.0 Å². The summed E-state index contributed by atoms with van der Waals surface area (Å²) < 4.78 is 5.45. The van der Waals surface area contributed by atoms with Crippen LogP contribution in [0.2, 0.25) is 5.02 Å². The maximum atomic E-state index is 12.4. The number of hydrogen-bond acceptors (Lipinski definition) is 3. The highest BCUT2D eigenvalue weighted by molar-refractivity contribution is 6.30. The standard InChI is InChI=1S/C20H30ClN3O2/c1-16(23-11-13-26-14-12-23)18-6-9-24(10-7-18)20(25)22-8-5-17-3-2-4-19(21)15-17/h2-4,15-16,18H,5-14H2,1H3,(H,22,25)/t16-/m0/s1. The number of amides is 2. The molecule has 2 aliphatic rings. The first-order valence-electron chi connectivity index (χ1n) is 9.72. The third kappa shape index (κ3) is 5.35. The summed E-state index contributed by atoms with van der Waals surface area (Å²) in [7, 11) is 0. The minimum Gasteiger partial charge on any atom is -0.379 e. The molecule has 0 aliphatic carbocycles. The zero-order chi connectivity index (χ0) is 18.4. The van der Waals surface area contributed by atoms with E-state index in [2.05, 4.69) is 17.1 Å². The molecule has 3 rings (SSSR count). The Kier molecular flexibility index (Phi) is 7.17. The van der Waals surface area contributed by atoms with E-state index in [4.69, 9.17) is 16.3 Å². The van der Waals surface area contributed by atoms with Gasteiger partial charge in [-0.2, -0.15) is 0 Å². The molecule has 0 saturated carbocycles. The number of likely N-dealkylation sites (tertiary alicyclic amines) is 1. The number of carbonyl (C=O) groups is 1. The molecule has 2 aliphatic heterocycles. The van der Waals surface area contributed by atoms with Crippen LogP contribution in [-0.4, -0.2) is 67.8 Å². The predicted octanol–water partition coefficient (Wildman–Crippen LogP) is 3.02. The lowest BCUT2D eigenvalue weighted by molar-refractivity contribution is 0.000258. The van der Waals surface area contributed by atoms with Gasteiger partial charge in [-0.25, -0.2) is 4.79 Å². The van der Waals surface area contributed by atoms with Crippen molar-refractivity contribution in [1.29, 1.82) is 0 Å². The largest absolute Gasteiger partial charge is 0.379 e. The van der Waals surface area contributed by atoms with Crippen molar-refractivity contribution in [2.45, 2.75) is 32.2 Å². The number of piperidine rings is 1. The van der Waals surface area contributed by atoms with Crippen molar-refractivity contribution >= 4 is 17.6 Å². The first kappa shape index (κ1) is 19.5. The fourth-order valence-corrected chi connectivity index (χ4v) is 4.20. The molecule has 1 atom stereocenters. The number of nitrogens with one attached hydrogen (secondary N) is 1. The summed E-state index contributed by atoms with van der Waals surface area (Å²) in [6, 6.07) is 8.44. The fraction of sp³-hybridized carbons (Fsp3) is 0.650. The van der Waals surface area contributed by atoms with E-state index >= 15 is 0 Å². The van der Waals surface area contributed by atoms with Gasteiger partial charge in [0.05, 0.1) is 13.2 Å². The summed E-state index contributed by atoms with van der Waals surface area (Å²) >= 11 is 6.00. The monoisotopic (exact) mass is 379 g/mol. The molecule has 2 amide bonds. The maximum Gasteiger partial charge on any atom is 0.317 e. The molecule has 2 saturated heterocycles. The van der Waals surface area contributed by atoms with Gasteiger partial charge >= 0.3 is 6.03 Å². The number of morpholine rings is 1. The summed E-state index contributed by atoms with van der Waals surface area (Å²) in [5.41, 5.74) is 1.15. The van der Waals surface area contributed by atoms with Crippen LogP contribution in [0.1, 0.15) is 25.3 Å². The van der Waals surface area contributed by atoms with Crippen LogP contribution >= 0.6 is 11.6 Å². The Balaban J connectivity index is 1.37. The molecule has 0 spiro atoms. The van der Waals surface area contributed by atoms with E-state index in [1.807, 2.05) is 29.2 Å². The van der Waals surface area contributed by atoms with Crippen LogP contribution < -0.4 is 5.32 Å². The van der Waals surface area contributed by atoms with Crippen molar-refractivity contribution in [3.05, 3.63) is 34.9 Å². The normalized spacial score (nSPS) is 20.8. The number of benzene rings is 1. The van der Waals surface area contributed by atoms with E-state index in [-0.39, 0.29) is 6.03 Å². The first-order chi connectivity index (χ1) is 12.6. The molecule has 0 bridgehead atoms. The number of carbonyl (C=O) groups excluding carboxylic acids is 1. The van der Waals surface area contributed by atoms with E-state index in [0.29, 0.717) is 18.5 Å². The van der Waals surface area contributed by atoms with E-state index < -0.39 is 0 Å². The molecule has 0 radical (unpaired) electrons. The third-order valence-electron chi connectivity index (χ3n) is 5.71. The van der Waals surface area contributed by atoms with Gasteiger partial charge in [0.25, 0.3) is 0 Å². The van der Waals surface area contributed by atoms with Crippen LogP contribution in [0.5, 0.6) is 0 Å². The number of rotatable bonds is 5. The highest BCUT2D eigenvalue weighted by Gasteiger charge is 2.29. The third-order valence-corrected chi connectivity index (χ3v) is 5.94. The molecule has 6 heteroatoms. The van der Waals surface area contributed by atoms with Crippen molar-refractivity contribution in [3.8, 4) is 0 Å². The molecule has 26 heavy (non-hydrogen) atoms. The van der Waals surface area contributed by atoms with Crippen LogP contribution in [0.3, 0.4) is 0 Å². The molecular weight excluding hydrogens is 350 g/mol. The Hall–Kier alpha value is -1.30. The second-order valence-electron chi connectivity index (χ2n) is 7.33. The van der Waals surface area contributed by atoms with Crippen molar-refractivity contribution < 1.29 is 9.53 Å². The lowest BCUT2D eigenvalue weighted by atomic mass is 9.89. The maximum absolute atomic E-state index is 12.4. The zero-order valence-electron chi connectivity index (χ0n) is 15.6. The van der Waals surface area contributed by atoms with Crippen LogP contribution in [0.25, 0.3) is 0 Å². The Morgan fingerprint density at radius 1 is 1.27 bits per heavy atom. The topological polar surface area (TPSA) is 44.8 Å². The van der Waals surface area contributed by atoms with Crippen molar-refractivity contribution in [2.75, 3.05) is 45.9 Å². The first-order valence-corrected chi connectivity index (χ1v) is 10.1. The van der Waals surface area contributed by atoms with Crippen molar-refractivity contribution in [3.63, 3.8) is 0 Å². The molecule has 144 valence electrons. The molecule has 1 N–H and O–H groups in total. The predicted molar refractivity (Wildman–Crippen MR) is 105 cm³/mol. The average Bonchev–Trinajstić information content (AvgIpc) is 2.68. The summed E-state index contributed by atoms with van der Waals surface area (Å²) in [6.07, 6.45) is 2.97. The lowest BCUT2D eigenvalue weighted by Gasteiger charge is -2.41. The molecule has 1 aromatic rings. The van der Waals surface area contributed by atoms with Gasteiger partial charge in [0.2, 0.25) is 0 Å². The molecule has 5 nitrogen and oxygen atoms in total. The van der Waals surface area contributed by atoms with E-state index in [0.717, 1.165) is 69.2 Å². The van der Waals surface area contributed by atoms with Gasteiger partial charge in [0.15, 0.2) is 0 Å². The Morgan fingerprint density at radius 3 is 2.69 bits per heavy atom. The summed E-state index contributed by atoms with van der Waals surface area (Å²) in [6.45, 7) is 8.43. The molecule has 1 aromatic carbocycles. The quantitative estimate of drug-likeness (QED) is 0.855. The molecule has 0 unspecified atom stereocenters. The smallest absolute Gasteiger partial charge is 0.317 e. The highest BCUT2D eigenvalue weighted by Crippen LogP contribution is 2.24. The Bertz CT molecular complexity index is 584. The van der Waals surface area contributed by atoms with Crippen molar-refractivity contribution in [1.82, 2.24) is 15.1 Å². The van der Waals surface area contributed by atoms with Gasteiger partial charge in [-0.05, 0) is 49.8 Å². The number of hydrogen-bond donors (Lipinski definition) is 1. The highest BCUT2D eigenvalue weighted by atomic mass is 35.5. The molecule has 2 fully saturated rings. The van der Waals surface area contributed by atoms with Gasteiger partial charge in [-0.3, -0.25) is 4.90 Å². The van der Waals surface area contributed by atoms with Crippen LogP contribution in [0.4, 0.5) is 4.79 Å². The minimum atomic E-state index is 0.0597. The van der Waals surface area contributed by atoms with Gasteiger partial charge in [-0.15, -0.1) is 0 Å². The lowest BCUT2D eigenvalue weighted by Crippen LogP contribution is -2.50. The van der Waals surface area contributed by atoms with E-state index in [1.54, 1.807) is 0 Å². The van der Waals surface area contributed by atoms with Crippen LogP contribution in [-0.2, 0) is 11.2 Å². The average molecular weight is 380 g/mol. The second kappa shape index (κ2) is 9.58. The summed E-state index contributed by atoms with van der Waals surface area (Å²) in [4.78, 5) is 16.9. The second-order valence-corrected chi connectivity index (χ2v) is 7.76. The SMILES string of the molecule is C[C@@H](C1CCN(C(=O)NCCc2cccc(Cl)c2)CC1)N1CCOCC1. The fourth-order valence-electron chi connectivity index (χ4n) is 3.99. The van der Waals surface area contributed by atoms with Gasteiger partial charge in [0, 0.05) is 43.8 Å². The van der Waals surface area contributed by atoms with Gasteiger partial charge in [0.1, 0.15) is 0 Å². The van der Waals surface area contributed by atoms with Crippen LogP contribution in [0.15, 0.2) is 24.3 Å². The Labute approximate surface area is 161 Å². The van der Waals surface area contributed by atoms with E-state index in [9.17, 15) is 4.79 Å². The zero-order valence-corrected chi connectivity index (χ0v) is 16.4. The van der Waals surface area contributed by atoms with Crippen molar-refractivity contribution in [2.24, 2.45) is 5.92 Å². The summed E-state index contributed by atoms with van der Waals surface area (Å²) in [5, 5.41) is 3.79. The number of urea groups is 1. The summed E-state index contributed by atoms with van der Waals surface area (Å²) in [5.74, 6) is 0.670. The van der Waals surface area contributed by atoms with E-state index in [1.165, 1.54) is 0 Å².